The summed E-state index contributed by atoms with van der Waals surface area (Å²) in [6.45, 7) is 4.81. The van der Waals surface area contributed by atoms with E-state index in [9.17, 15) is 9.59 Å². The fourth-order valence-corrected chi connectivity index (χ4v) is 5.75. The molecule has 3 saturated heterocycles. The summed E-state index contributed by atoms with van der Waals surface area (Å²) >= 11 is 0. The molecular weight excluding hydrogens is 476 g/mol. The van der Waals surface area contributed by atoms with E-state index in [0.29, 0.717) is 69.5 Å². The molecule has 1 aromatic carbocycles. The molecule has 1 spiro atoms. The van der Waals surface area contributed by atoms with Crippen LogP contribution < -0.4 is 14.4 Å². The van der Waals surface area contributed by atoms with Gasteiger partial charge in [0.15, 0.2) is 17.3 Å². The Morgan fingerprint density at radius 2 is 1.54 bits per heavy atom. The summed E-state index contributed by atoms with van der Waals surface area (Å²) < 4.78 is 23.0. The highest BCUT2D eigenvalue weighted by Gasteiger charge is 2.41. The fourth-order valence-electron chi connectivity index (χ4n) is 5.75. The van der Waals surface area contributed by atoms with Gasteiger partial charge in [0.05, 0.1) is 44.2 Å². The first kappa shape index (κ1) is 24.2. The van der Waals surface area contributed by atoms with Gasteiger partial charge >= 0.3 is 0 Å². The zero-order valence-corrected chi connectivity index (χ0v) is 21.5. The number of ether oxygens (including phenoxy) is 4. The van der Waals surface area contributed by atoms with Gasteiger partial charge in [-0.05, 0) is 18.9 Å². The Bertz CT molecular complexity index is 1190. The number of aromatic nitrogens is 1. The van der Waals surface area contributed by atoms with E-state index in [2.05, 4.69) is 9.88 Å². The average molecular weight is 511 g/mol. The molecule has 37 heavy (non-hydrogen) atoms. The zero-order chi connectivity index (χ0) is 25.6. The first-order valence-corrected chi connectivity index (χ1v) is 13.2. The Morgan fingerprint density at radius 1 is 0.919 bits per heavy atom. The van der Waals surface area contributed by atoms with Crippen LogP contribution in [0, 0.1) is 5.92 Å². The maximum absolute atomic E-state index is 13.9. The van der Waals surface area contributed by atoms with E-state index in [4.69, 9.17) is 18.9 Å². The van der Waals surface area contributed by atoms with Crippen molar-refractivity contribution < 1.29 is 28.5 Å². The van der Waals surface area contributed by atoms with E-state index in [1.54, 1.807) is 20.4 Å². The summed E-state index contributed by atoms with van der Waals surface area (Å²) in [5.41, 5.74) is 2.14. The van der Waals surface area contributed by atoms with Crippen molar-refractivity contribution in [2.75, 3.05) is 71.6 Å². The van der Waals surface area contributed by atoms with Gasteiger partial charge in [-0.25, -0.2) is 0 Å². The minimum Gasteiger partial charge on any atom is -0.493 e. The second-order valence-corrected chi connectivity index (χ2v) is 10.2. The number of amides is 2. The molecule has 3 aliphatic heterocycles. The fraction of sp³-hybridized carbons (Fsp3) is 0.593. The summed E-state index contributed by atoms with van der Waals surface area (Å²) in [6, 6.07) is 3.76. The predicted molar refractivity (Wildman–Crippen MR) is 136 cm³/mol. The smallest absolute Gasteiger partial charge is 0.257 e. The van der Waals surface area contributed by atoms with Crippen LogP contribution in [0.4, 0.5) is 5.69 Å². The lowest BCUT2D eigenvalue weighted by atomic mass is 9.99. The molecule has 2 aromatic rings. The Morgan fingerprint density at radius 3 is 2.16 bits per heavy atom. The number of rotatable bonds is 5. The molecule has 0 bridgehead atoms. The van der Waals surface area contributed by atoms with Crippen molar-refractivity contribution in [2.24, 2.45) is 5.92 Å². The minimum atomic E-state index is -0.519. The number of pyridine rings is 1. The van der Waals surface area contributed by atoms with E-state index in [1.807, 2.05) is 21.9 Å². The lowest BCUT2D eigenvalue weighted by molar-refractivity contribution is -0.169. The lowest BCUT2D eigenvalue weighted by Gasteiger charge is -2.40. The lowest BCUT2D eigenvalue weighted by Crippen LogP contribution is -2.51. The summed E-state index contributed by atoms with van der Waals surface area (Å²) in [5, 5.41) is 0.843. The van der Waals surface area contributed by atoms with Crippen molar-refractivity contribution in [1.82, 2.24) is 14.8 Å². The number of fused-ring (bicyclic) bond motifs is 1. The molecule has 0 N–H and O–H groups in total. The van der Waals surface area contributed by atoms with Crippen molar-refractivity contribution in [3.05, 3.63) is 23.9 Å². The molecule has 2 amide bonds. The summed E-state index contributed by atoms with van der Waals surface area (Å²) in [5.74, 6) is 1.03. The quantitative estimate of drug-likeness (QED) is 0.605. The van der Waals surface area contributed by atoms with Gasteiger partial charge in [-0.3, -0.25) is 14.6 Å². The average Bonchev–Trinajstić information content (AvgIpc) is 3.71. The van der Waals surface area contributed by atoms with Crippen LogP contribution in [0.5, 0.6) is 11.5 Å². The van der Waals surface area contributed by atoms with Gasteiger partial charge in [0.1, 0.15) is 0 Å². The van der Waals surface area contributed by atoms with Crippen LogP contribution >= 0.6 is 0 Å². The molecule has 198 valence electrons. The molecule has 4 aliphatic rings. The highest BCUT2D eigenvalue weighted by Crippen LogP contribution is 2.41. The monoisotopic (exact) mass is 510 g/mol. The van der Waals surface area contributed by atoms with Crippen LogP contribution in [0.15, 0.2) is 18.3 Å². The van der Waals surface area contributed by atoms with E-state index < -0.39 is 5.79 Å². The van der Waals surface area contributed by atoms with Gasteiger partial charge in [0, 0.05) is 75.7 Å². The Kier molecular flexibility index (Phi) is 6.32. The van der Waals surface area contributed by atoms with Crippen molar-refractivity contribution in [1.29, 1.82) is 0 Å². The molecule has 0 atom stereocenters. The maximum atomic E-state index is 13.9. The minimum absolute atomic E-state index is 0.0636. The van der Waals surface area contributed by atoms with Crippen molar-refractivity contribution >= 4 is 28.4 Å². The second kappa shape index (κ2) is 9.64. The first-order chi connectivity index (χ1) is 18.0. The van der Waals surface area contributed by atoms with E-state index >= 15 is 0 Å². The topological polar surface area (TPSA) is 93.7 Å². The van der Waals surface area contributed by atoms with Crippen LogP contribution in [0.2, 0.25) is 0 Å². The molecule has 1 aliphatic carbocycles. The van der Waals surface area contributed by atoms with Crippen LogP contribution in [-0.2, 0) is 14.3 Å². The van der Waals surface area contributed by atoms with Gasteiger partial charge in [0.2, 0.25) is 5.91 Å². The molecule has 1 saturated carbocycles. The van der Waals surface area contributed by atoms with Crippen molar-refractivity contribution in [3.63, 3.8) is 0 Å². The number of carbonyl (C=O) groups excluding carboxylic acids is 2. The number of benzene rings is 1. The zero-order valence-electron chi connectivity index (χ0n) is 21.5. The van der Waals surface area contributed by atoms with Crippen LogP contribution in [0.3, 0.4) is 0 Å². The Labute approximate surface area is 216 Å². The molecule has 10 heteroatoms. The molecule has 1 aromatic heterocycles. The van der Waals surface area contributed by atoms with Crippen molar-refractivity contribution in [2.45, 2.75) is 31.5 Å². The molecule has 4 fully saturated rings. The van der Waals surface area contributed by atoms with Gasteiger partial charge < -0.3 is 33.6 Å². The number of hydrogen-bond donors (Lipinski definition) is 0. The number of nitrogens with zero attached hydrogens (tertiary/aromatic N) is 4. The summed E-state index contributed by atoms with van der Waals surface area (Å²) in [6.07, 6.45) is 5.11. The third kappa shape index (κ3) is 4.46. The number of piperidine rings is 1. The summed E-state index contributed by atoms with van der Waals surface area (Å²) in [7, 11) is 3.20. The summed E-state index contributed by atoms with van der Waals surface area (Å²) in [4.78, 5) is 37.1. The van der Waals surface area contributed by atoms with E-state index in [1.165, 1.54) is 0 Å². The van der Waals surface area contributed by atoms with E-state index in [-0.39, 0.29) is 17.7 Å². The molecule has 0 unspecified atom stereocenters. The van der Waals surface area contributed by atoms with Crippen LogP contribution in [0.1, 0.15) is 36.0 Å². The largest absolute Gasteiger partial charge is 0.493 e. The third-order valence-electron chi connectivity index (χ3n) is 8.04. The molecular formula is C27H34N4O6. The van der Waals surface area contributed by atoms with Crippen LogP contribution in [0.25, 0.3) is 10.9 Å². The van der Waals surface area contributed by atoms with Gasteiger partial charge in [-0.1, -0.05) is 0 Å². The van der Waals surface area contributed by atoms with Gasteiger partial charge in [-0.2, -0.15) is 0 Å². The Hall–Kier alpha value is -3.11. The number of piperazine rings is 1. The van der Waals surface area contributed by atoms with E-state index in [0.717, 1.165) is 42.3 Å². The predicted octanol–water partition coefficient (Wildman–Crippen LogP) is 2.29. The molecule has 0 radical (unpaired) electrons. The number of hydrogen-bond acceptors (Lipinski definition) is 8. The van der Waals surface area contributed by atoms with Gasteiger partial charge in [0.25, 0.3) is 5.91 Å². The highest BCUT2D eigenvalue weighted by molar-refractivity contribution is 6.08. The number of methoxy groups -OCH3 is 2. The second-order valence-electron chi connectivity index (χ2n) is 10.2. The first-order valence-electron chi connectivity index (χ1n) is 13.2. The molecule has 10 nitrogen and oxygen atoms in total. The standard InChI is InChI=1S/C27H34N4O6/c1-34-22-15-19-21(16-23(22)35-2)28-17-20(24(19)29-7-5-27(6-8-29)36-13-14-37-27)26(33)31-11-9-30(10-12-31)25(32)18-3-4-18/h15-18H,3-14H2,1-2H3. The van der Waals surface area contributed by atoms with Crippen LogP contribution in [-0.4, -0.2) is 99.1 Å². The molecule has 6 rings (SSSR count). The highest BCUT2D eigenvalue weighted by atomic mass is 16.7. The SMILES string of the molecule is COc1cc2ncc(C(=O)N3CCN(C(=O)C4CC4)CC3)c(N3CCC4(CC3)OCCO4)c2cc1OC. The number of carbonyl (C=O) groups is 2. The van der Waals surface area contributed by atoms with Crippen molar-refractivity contribution in [3.8, 4) is 11.5 Å². The van der Waals surface area contributed by atoms with Gasteiger partial charge in [-0.15, -0.1) is 0 Å². The molecule has 4 heterocycles. The Balaban J connectivity index is 1.32. The normalized spacial score (nSPS) is 21.5. The number of anilines is 1. The third-order valence-corrected chi connectivity index (χ3v) is 8.04. The maximum Gasteiger partial charge on any atom is 0.257 e.